The molecule has 4 aromatic rings. The number of pyridine rings is 1. The molecule has 0 spiro atoms. The van der Waals surface area contributed by atoms with Crippen LogP contribution >= 0.6 is 11.6 Å². The summed E-state index contributed by atoms with van der Waals surface area (Å²) in [6.07, 6.45) is 5.88. The largest absolute Gasteiger partial charge is 0.473 e. The number of aromatic nitrogens is 2. The number of benzene rings is 2. The van der Waals surface area contributed by atoms with Crippen LogP contribution in [0.1, 0.15) is 69.6 Å². The van der Waals surface area contributed by atoms with Gasteiger partial charge in [0.05, 0.1) is 16.3 Å². The van der Waals surface area contributed by atoms with Crippen LogP contribution in [0.3, 0.4) is 0 Å². The summed E-state index contributed by atoms with van der Waals surface area (Å²) in [5, 5.41) is 7.57. The van der Waals surface area contributed by atoms with E-state index in [4.69, 9.17) is 30.6 Å². The molecule has 0 N–H and O–H groups in total. The third kappa shape index (κ3) is 4.48. The molecule has 40 heavy (non-hydrogen) atoms. The summed E-state index contributed by atoms with van der Waals surface area (Å²) in [6, 6.07) is 14.4. The first-order valence-corrected chi connectivity index (χ1v) is 13.6. The number of rotatable bonds is 7. The zero-order chi connectivity index (χ0) is 27.4. The molecule has 7 rings (SSSR count). The first-order chi connectivity index (χ1) is 19.5. The summed E-state index contributed by atoms with van der Waals surface area (Å²) in [5.41, 5.74) is 6.63. The van der Waals surface area contributed by atoms with Gasteiger partial charge in [0.25, 0.3) is 0 Å². The monoisotopic (exact) mass is 553 g/mol. The second kappa shape index (κ2) is 9.71. The summed E-state index contributed by atoms with van der Waals surface area (Å²) >= 11 is 6.58. The van der Waals surface area contributed by atoms with Crippen LogP contribution in [-0.4, -0.2) is 16.0 Å². The molecule has 1 fully saturated rings. The third-order valence-corrected chi connectivity index (χ3v) is 8.02. The van der Waals surface area contributed by atoms with E-state index in [0.717, 1.165) is 53.0 Å². The Kier molecular flexibility index (Phi) is 6.00. The molecule has 3 heterocycles. The van der Waals surface area contributed by atoms with Crippen LogP contribution in [0, 0.1) is 11.8 Å². The highest BCUT2D eigenvalue weighted by Gasteiger charge is 2.34. The van der Waals surface area contributed by atoms with Crippen molar-refractivity contribution >= 4 is 17.5 Å². The van der Waals surface area contributed by atoms with Crippen LogP contribution in [0.4, 0.5) is 0 Å². The van der Waals surface area contributed by atoms with E-state index in [1.54, 1.807) is 18.2 Å². The van der Waals surface area contributed by atoms with Crippen molar-refractivity contribution in [3.05, 3.63) is 104 Å². The number of nitrogens with zero attached hydrogens (tertiary/aromatic N) is 3. The fraction of sp³-hybridized carbons (Fsp3) is 0.258. The average Bonchev–Trinajstić information content (AvgIpc) is 3.89. The molecule has 200 valence electrons. The summed E-state index contributed by atoms with van der Waals surface area (Å²) in [5.74, 6) is 1.95. The molecule has 1 atom stereocenters. The predicted molar refractivity (Wildman–Crippen MR) is 148 cm³/mol. The fourth-order valence-electron chi connectivity index (χ4n) is 5.35. The van der Waals surface area contributed by atoms with Gasteiger partial charge in [-0.15, -0.1) is 4.91 Å². The van der Waals surface area contributed by atoms with E-state index < -0.39 is 5.91 Å². The van der Waals surface area contributed by atoms with Gasteiger partial charge in [0, 0.05) is 34.2 Å². The predicted octanol–water partition coefficient (Wildman–Crippen LogP) is 7.82. The number of aryl methyl sites for hydroxylation is 1. The number of carbonyl (C=O) groups excluding carboxylic acids is 1. The maximum atomic E-state index is 11.9. The van der Waals surface area contributed by atoms with Crippen LogP contribution in [0.5, 0.6) is 17.4 Å². The summed E-state index contributed by atoms with van der Waals surface area (Å²) in [6.45, 7) is 2.24. The molecule has 0 radical (unpaired) electrons. The van der Waals surface area contributed by atoms with Crippen molar-refractivity contribution in [2.45, 2.75) is 51.0 Å². The van der Waals surface area contributed by atoms with Crippen LogP contribution in [-0.2, 0) is 13.0 Å². The van der Waals surface area contributed by atoms with E-state index >= 15 is 0 Å². The zero-order valence-corrected chi connectivity index (χ0v) is 22.4. The van der Waals surface area contributed by atoms with Gasteiger partial charge < -0.3 is 14.0 Å². The van der Waals surface area contributed by atoms with E-state index in [0.29, 0.717) is 40.4 Å². The maximum Gasteiger partial charge on any atom is 0.316 e. The Morgan fingerprint density at radius 3 is 2.75 bits per heavy atom. The molecule has 1 aliphatic heterocycles. The summed E-state index contributed by atoms with van der Waals surface area (Å²) < 4.78 is 18.3. The summed E-state index contributed by atoms with van der Waals surface area (Å²) in [4.78, 5) is 27.5. The maximum absolute atomic E-state index is 11.9. The number of amides is 1. The Balaban J connectivity index is 1.21. The SMILES string of the molecule is Cc1cccc(Cl)c1-c1noc(C2CC2)c1COc1ccc2c(n1)C(C1=CC1)Cc1ccc(C(=O)N=O)cc1O2. The Morgan fingerprint density at radius 2 is 2.00 bits per heavy atom. The molecule has 8 nitrogen and oxygen atoms in total. The van der Waals surface area contributed by atoms with Gasteiger partial charge in [-0.2, -0.15) is 0 Å². The van der Waals surface area contributed by atoms with Crippen molar-refractivity contribution in [3.63, 3.8) is 0 Å². The highest BCUT2D eigenvalue weighted by atomic mass is 35.5. The fourth-order valence-corrected chi connectivity index (χ4v) is 5.66. The van der Waals surface area contributed by atoms with Gasteiger partial charge in [0.1, 0.15) is 29.6 Å². The molecule has 0 bridgehead atoms. The molecular formula is C31H24ClN3O5. The Labute approximate surface area is 234 Å². The lowest BCUT2D eigenvalue weighted by molar-refractivity contribution is 0.100. The number of ether oxygens (including phenoxy) is 2. The Hall–Kier alpha value is -4.30. The molecule has 2 aromatic carbocycles. The van der Waals surface area contributed by atoms with Crippen molar-refractivity contribution in [1.29, 1.82) is 0 Å². The smallest absolute Gasteiger partial charge is 0.316 e. The number of hydrogen-bond acceptors (Lipinski definition) is 7. The van der Waals surface area contributed by atoms with Gasteiger partial charge in [-0.25, -0.2) is 4.98 Å². The van der Waals surface area contributed by atoms with Crippen molar-refractivity contribution in [2.24, 2.45) is 5.18 Å². The molecule has 1 amide bonds. The van der Waals surface area contributed by atoms with Gasteiger partial charge in [-0.05, 0) is 68.0 Å². The van der Waals surface area contributed by atoms with E-state index in [-0.39, 0.29) is 18.1 Å². The van der Waals surface area contributed by atoms with E-state index in [1.165, 1.54) is 5.57 Å². The number of halogens is 1. The topological polar surface area (TPSA) is 104 Å². The average molecular weight is 554 g/mol. The highest BCUT2D eigenvalue weighted by Crippen LogP contribution is 2.48. The number of fused-ring (bicyclic) bond motifs is 2. The molecule has 2 aromatic heterocycles. The first-order valence-electron chi connectivity index (χ1n) is 13.2. The number of nitroso groups, excluding NO2 is 1. The molecule has 2 aliphatic carbocycles. The quantitative estimate of drug-likeness (QED) is 0.170. The van der Waals surface area contributed by atoms with Crippen LogP contribution in [0.25, 0.3) is 11.3 Å². The summed E-state index contributed by atoms with van der Waals surface area (Å²) in [7, 11) is 0. The van der Waals surface area contributed by atoms with Gasteiger partial charge in [0.2, 0.25) is 5.88 Å². The molecule has 1 unspecified atom stereocenters. The normalized spacial score (nSPS) is 17.1. The van der Waals surface area contributed by atoms with Crippen molar-refractivity contribution in [1.82, 2.24) is 10.1 Å². The zero-order valence-electron chi connectivity index (χ0n) is 21.6. The van der Waals surface area contributed by atoms with Crippen LogP contribution < -0.4 is 9.47 Å². The second-order valence-corrected chi connectivity index (χ2v) is 10.9. The minimum Gasteiger partial charge on any atom is -0.473 e. The van der Waals surface area contributed by atoms with Gasteiger partial charge in [-0.3, -0.25) is 4.79 Å². The minimum absolute atomic E-state index is 0.0181. The molecule has 1 saturated carbocycles. The van der Waals surface area contributed by atoms with Crippen molar-refractivity contribution in [2.75, 3.05) is 0 Å². The molecule has 3 aliphatic rings. The number of allylic oxidation sites excluding steroid dienone is 2. The highest BCUT2D eigenvalue weighted by molar-refractivity contribution is 6.33. The molecular weight excluding hydrogens is 530 g/mol. The molecule has 0 saturated heterocycles. The van der Waals surface area contributed by atoms with Gasteiger partial charge in [-0.1, -0.05) is 46.6 Å². The lowest BCUT2D eigenvalue weighted by atomic mass is 9.92. The van der Waals surface area contributed by atoms with E-state index in [1.807, 2.05) is 37.3 Å². The standard InChI is InChI=1S/C31H24ClN3O5/c1-16-3-2-4-23(32)27(16)29-22(30(40-35-29)18-7-8-18)15-38-26-12-11-24-28(33-26)21(17-5-6-17)13-19-9-10-20(31(36)34-37)14-25(19)39-24/h2-5,9-12,14,18,21H,6-8,13,15H2,1H3. The lowest BCUT2D eigenvalue weighted by Crippen LogP contribution is -2.06. The number of hydrogen-bond donors (Lipinski definition) is 0. The van der Waals surface area contributed by atoms with E-state index in [9.17, 15) is 9.70 Å². The Morgan fingerprint density at radius 1 is 1.15 bits per heavy atom. The number of carbonyl (C=O) groups is 1. The second-order valence-electron chi connectivity index (χ2n) is 10.5. The van der Waals surface area contributed by atoms with Crippen LogP contribution in [0.2, 0.25) is 5.02 Å². The van der Waals surface area contributed by atoms with Crippen molar-refractivity contribution < 1.29 is 18.8 Å². The van der Waals surface area contributed by atoms with Crippen LogP contribution in [0.15, 0.2) is 69.9 Å². The van der Waals surface area contributed by atoms with Gasteiger partial charge in [0.15, 0.2) is 0 Å². The first kappa shape index (κ1) is 24.7. The van der Waals surface area contributed by atoms with Crippen molar-refractivity contribution in [3.8, 4) is 28.6 Å². The minimum atomic E-state index is -0.829. The van der Waals surface area contributed by atoms with E-state index in [2.05, 4.69) is 16.4 Å². The molecule has 9 heteroatoms. The van der Waals surface area contributed by atoms with Gasteiger partial charge >= 0.3 is 5.91 Å². The lowest BCUT2D eigenvalue weighted by Gasteiger charge is -2.15. The third-order valence-electron chi connectivity index (χ3n) is 7.71. The Bertz CT molecular complexity index is 1700.